The Morgan fingerprint density at radius 1 is 1.33 bits per heavy atom. The van der Waals surface area contributed by atoms with Crippen molar-refractivity contribution in [3.05, 3.63) is 0 Å². The molecule has 0 aliphatic heterocycles. The van der Waals surface area contributed by atoms with Crippen molar-refractivity contribution >= 4 is 17.5 Å². The normalized spacial score (nSPS) is 30.2. The highest BCUT2D eigenvalue weighted by Gasteiger charge is 2.23. The number of hydrogen-bond donors (Lipinski definition) is 0. The molecule has 0 aromatic rings. The van der Waals surface area contributed by atoms with Gasteiger partial charge in [-0.1, -0.05) is 0 Å². The summed E-state index contributed by atoms with van der Waals surface area (Å²) in [4.78, 5) is 11.1. The Kier molecular flexibility index (Phi) is 4.13. The second-order valence-electron chi connectivity index (χ2n) is 3.78. The summed E-state index contributed by atoms with van der Waals surface area (Å²) in [5, 5.41) is 0. The minimum Gasteiger partial charge on any atom is -0.300 e. The van der Waals surface area contributed by atoms with Crippen LogP contribution in [0.2, 0.25) is 0 Å². The van der Waals surface area contributed by atoms with Gasteiger partial charge in [-0.05, 0) is 50.5 Å². The lowest BCUT2D eigenvalue weighted by atomic mass is 9.81. The standard InChI is InChI=1S/C10H18OS/c1-8(11)10-5-3-9(4-6-10)7-12-2/h9-10H,3-7H2,1-2H3. The number of rotatable bonds is 3. The molecule has 1 aliphatic carbocycles. The maximum absolute atomic E-state index is 11.1. The molecular formula is C10H18OS. The molecule has 0 saturated heterocycles. The molecule has 0 atom stereocenters. The van der Waals surface area contributed by atoms with Gasteiger partial charge < -0.3 is 0 Å². The highest BCUT2D eigenvalue weighted by Crippen LogP contribution is 2.30. The molecule has 2 heteroatoms. The Morgan fingerprint density at radius 2 is 1.92 bits per heavy atom. The van der Waals surface area contributed by atoms with E-state index in [4.69, 9.17) is 0 Å². The summed E-state index contributed by atoms with van der Waals surface area (Å²) < 4.78 is 0. The van der Waals surface area contributed by atoms with Crippen molar-refractivity contribution in [3.8, 4) is 0 Å². The zero-order chi connectivity index (χ0) is 8.97. The zero-order valence-electron chi connectivity index (χ0n) is 8.01. The van der Waals surface area contributed by atoms with Gasteiger partial charge in [0, 0.05) is 5.92 Å². The van der Waals surface area contributed by atoms with Crippen molar-refractivity contribution in [1.29, 1.82) is 0 Å². The molecule has 0 aromatic heterocycles. The Balaban J connectivity index is 2.25. The molecule has 0 unspecified atom stereocenters. The molecule has 0 amide bonds. The quantitative estimate of drug-likeness (QED) is 0.674. The number of thioether (sulfide) groups is 1. The van der Waals surface area contributed by atoms with Crippen LogP contribution >= 0.6 is 11.8 Å². The zero-order valence-corrected chi connectivity index (χ0v) is 8.82. The SMILES string of the molecule is CSCC1CCC(C(C)=O)CC1. The number of ketones is 1. The van der Waals surface area contributed by atoms with Crippen molar-refractivity contribution in [2.24, 2.45) is 11.8 Å². The van der Waals surface area contributed by atoms with Gasteiger partial charge >= 0.3 is 0 Å². The predicted molar refractivity (Wildman–Crippen MR) is 54.5 cm³/mol. The highest BCUT2D eigenvalue weighted by atomic mass is 32.2. The summed E-state index contributed by atoms with van der Waals surface area (Å²) in [6.45, 7) is 1.74. The lowest BCUT2D eigenvalue weighted by Crippen LogP contribution is -2.20. The molecular weight excluding hydrogens is 168 g/mol. The molecule has 0 radical (unpaired) electrons. The fourth-order valence-corrected chi connectivity index (χ4v) is 2.78. The molecule has 0 spiro atoms. The summed E-state index contributed by atoms with van der Waals surface area (Å²) in [5.74, 6) is 2.96. The van der Waals surface area contributed by atoms with Crippen LogP contribution < -0.4 is 0 Å². The molecule has 0 heterocycles. The van der Waals surface area contributed by atoms with Gasteiger partial charge in [-0.25, -0.2) is 0 Å². The second kappa shape index (κ2) is 4.90. The number of Topliss-reactive ketones (excluding diaryl/α,β-unsaturated/α-hetero) is 1. The van der Waals surface area contributed by atoms with Crippen LogP contribution in [0.5, 0.6) is 0 Å². The molecule has 1 saturated carbocycles. The van der Waals surface area contributed by atoms with Gasteiger partial charge in [0.25, 0.3) is 0 Å². The second-order valence-corrected chi connectivity index (χ2v) is 4.69. The molecule has 1 rings (SSSR count). The summed E-state index contributed by atoms with van der Waals surface area (Å²) in [6.07, 6.45) is 6.98. The third-order valence-electron chi connectivity index (χ3n) is 2.82. The van der Waals surface area contributed by atoms with Crippen LogP contribution in [0.3, 0.4) is 0 Å². The molecule has 1 fully saturated rings. The van der Waals surface area contributed by atoms with Gasteiger partial charge in [-0.3, -0.25) is 4.79 Å². The van der Waals surface area contributed by atoms with Crippen molar-refractivity contribution in [3.63, 3.8) is 0 Å². The monoisotopic (exact) mass is 186 g/mol. The minimum atomic E-state index is 0.392. The van der Waals surface area contributed by atoms with E-state index in [1.807, 2.05) is 11.8 Å². The highest BCUT2D eigenvalue weighted by molar-refractivity contribution is 7.98. The van der Waals surface area contributed by atoms with Crippen molar-refractivity contribution < 1.29 is 4.79 Å². The van der Waals surface area contributed by atoms with Gasteiger partial charge in [0.1, 0.15) is 5.78 Å². The van der Waals surface area contributed by atoms with E-state index >= 15 is 0 Å². The fourth-order valence-electron chi connectivity index (χ4n) is 1.97. The summed E-state index contributed by atoms with van der Waals surface area (Å²) in [5.41, 5.74) is 0. The van der Waals surface area contributed by atoms with Crippen LogP contribution in [-0.2, 0) is 4.79 Å². The maximum atomic E-state index is 11.1. The molecule has 1 aliphatic rings. The third kappa shape index (κ3) is 2.81. The van der Waals surface area contributed by atoms with E-state index in [2.05, 4.69) is 6.26 Å². The number of hydrogen-bond acceptors (Lipinski definition) is 2. The largest absolute Gasteiger partial charge is 0.300 e. The van der Waals surface area contributed by atoms with Crippen LogP contribution in [0.1, 0.15) is 32.6 Å². The van der Waals surface area contributed by atoms with E-state index in [1.54, 1.807) is 6.92 Å². The Labute approximate surface area is 79.3 Å². The third-order valence-corrected chi connectivity index (χ3v) is 3.63. The molecule has 0 N–H and O–H groups in total. The van der Waals surface area contributed by atoms with Gasteiger partial charge in [-0.15, -0.1) is 0 Å². The number of carbonyl (C=O) groups is 1. The Morgan fingerprint density at radius 3 is 2.33 bits per heavy atom. The Bertz CT molecular complexity index is 148. The van der Waals surface area contributed by atoms with Crippen molar-refractivity contribution in [1.82, 2.24) is 0 Å². The summed E-state index contributed by atoms with van der Waals surface area (Å²) in [7, 11) is 0. The topological polar surface area (TPSA) is 17.1 Å². The van der Waals surface area contributed by atoms with Gasteiger partial charge in [0.2, 0.25) is 0 Å². The van der Waals surface area contributed by atoms with E-state index in [0.29, 0.717) is 11.7 Å². The van der Waals surface area contributed by atoms with Gasteiger partial charge in [0.15, 0.2) is 0 Å². The predicted octanol–water partition coefficient (Wildman–Crippen LogP) is 2.74. The lowest BCUT2D eigenvalue weighted by Gasteiger charge is -2.26. The van der Waals surface area contributed by atoms with Crippen LogP contribution in [0, 0.1) is 11.8 Å². The molecule has 0 bridgehead atoms. The minimum absolute atomic E-state index is 0.392. The smallest absolute Gasteiger partial charge is 0.132 e. The van der Waals surface area contributed by atoms with Gasteiger partial charge in [0.05, 0.1) is 0 Å². The van der Waals surface area contributed by atoms with E-state index in [-0.39, 0.29) is 0 Å². The Hall–Kier alpha value is 0.0200. The first kappa shape index (κ1) is 10.1. The molecule has 12 heavy (non-hydrogen) atoms. The first-order valence-corrected chi connectivity index (χ1v) is 6.12. The molecule has 1 nitrogen and oxygen atoms in total. The van der Waals surface area contributed by atoms with E-state index < -0.39 is 0 Å². The van der Waals surface area contributed by atoms with E-state index in [0.717, 1.165) is 18.8 Å². The molecule has 70 valence electrons. The summed E-state index contributed by atoms with van der Waals surface area (Å²) >= 11 is 1.93. The van der Waals surface area contributed by atoms with Gasteiger partial charge in [-0.2, -0.15) is 11.8 Å². The van der Waals surface area contributed by atoms with Crippen molar-refractivity contribution in [2.75, 3.05) is 12.0 Å². The average Bonchev–Trinajstić information content (AvgIpc) is 2.06. The van der Waals surface area contributed by atoms with Crippen molar-refractivity contribution in [2.45, 2.75) is 32.6 Å². The lowest BCUT2D eigenvalue weighted by molar-refractivity contribution is -0.121. The van der Waals surface area contributed by atoms with Crippen LogP contribution in [0.15, 0.2) is 0 Å². The van der Waals surface area contributed by atoms with E-state index in [9.17, 15) is 4.79 Å². The first-order valence-electron chi connectivity index (χ1n) is 4.73. The van der Waals surface area contributed by atoms with Crippen LogP contribution in [-0.4, -0.2) is 17.8 Å². The summed E-state index contributed by atoms with van der Waals surface area (Å²) in [6, 6.07) is 0. The van der Waals surface area contributed by atoms with Crippen LogP contribution in [0.25, 0.3) is 0 Å². The van der Waals surface area contributed by atoms with Crippen LogP contribution in [0.4, 0.5) is 0 Å². The first-order chi connectivity index (χ1) is 5.74. The average molecular weight is 186 g/mol. The maximum Gasteiger partial charge on any atom is 0.132 e. The number of carbonyl (C=O) groups excluding carboxylic acids is 1. The molecule has 0 aromatic carbocycles. The fraction of sp³-hybridized carbons (Fsp3) is 0.900. The van der Waals surface area contributed by atoms with E-state index in [1.165, 1.54) is 18.6 Å².